The van der Waals surface area contributed by atoms with Crippen LogP contribution in [0, 0.1) is 5.92 Å². The molecule has 1 N–H and O–H groups in total. The van der Waals surface area contributed by atoms with Crippen LogP contribution >= 0.6 is 0 Å². The number of para-hydroxylation sites is 1. The molecule has 0 aliphatic carbocycles. The number of halogens is 3. The highest BCUT2D eigenvalue weighted by Gasteiger charge is 2.34. The lowest BCUT2D eigenvalue weighted by Crippen LogP contribution is -2.40. The van der Waals surface area contributed by atoms with Crippen molar-refractivity contribution in [2.24, 2.45) is 5.92 Å². The van der Waals surface area contributed by atoms with Gasteiger partial charge in [0.15, 0.2) is 0 Å². The van der Waals surface area contributed by atoms with E-state index in [9.17, 15) is 22.8 Å². The number of aliphatic carboxylic acids is 1. The quantitative estimate of drug-likeness (QED) is 0.930. The van der Waals surface area contributed by atoms with E-state index >= 15 is 0 Å². The lowest BCUT2D eigenvalue weighted by Gasteiger charge is -2.30. The van der Waals surface area contributed by atoms with Crippen molar-refractivity contribution < 1.29 is 32.6 Å². The van der Waals surface area contributed by atoms with Gasteiger partial charge >= 0.3 is 12.3 Å². The maximum atomic E-state index is 12.4. The molecule has 1 fully saturated rings. The second-order valence-corrected chi connectivity index (χ2v) is 4.95. The zero-order chi connectivity index (χ0) is 16.3. The average molecular weight is 317 g/mol. The van der Waals surface area contributed by atoms with E-state index in [1.807, 2.05) is 0 Å². The van der Waals surface area contributed by atoms with Crippen LogP contribution in [0.2, 0.25) is 0 Å². The lowest BCUT2D eigenvalue weighted by atomic mass is 9.96. The van der Waals surface area contributed by atoms with E-state index in [1.54, 1.807) is 0 Å². The molecule has 2 rings (SSSR count). The van der Waals surface area contributed by atoms with E-state index < -0.39 is 29.9 Å². The van der Waals surface area contributed by atoms with Gasteiger partial charge in [-0.2, -0.15) is 0 Å². The molecule has 0 saturated carbocycles. The Hall–Kier alpha value is -2.25. The van der Waals surface area contributed by atoms with Crippen LogP contribution in [0.15, 0.2) is 24.3 Å². The Morgan fingerprint density at radius 2 is 1.77 bits per heavy atom. The van der Waals surface area contributed by atoms with E-state index in [0.29, 0.717) is 0 Å². The van der Waals surface area contributed by atoms with Crippen LogP contribution in [0.5, 0.6) is 5.75 Å². The molecule has 120 valence electrons. The summed E-state index contributed by atoms with van der Waals surface area (Å²) in [7, 11) is 0. The molecular formula is C14H14F3NO4. The molecule has 0 bridgehead atoms. The fourth-order valence-electron chi connectivity index (χ4n) is 2.36. The van der Waals surface area contributed by atoms with Crippen LogP contribution in [0.3, 0.4) is 0 Å². The summed E-state index contributed by atoms with van der Waals surface area (Å²) in [4.78, 5) is 24.5. The Labute approximate surface area is 124 Å². The fourth-order valence-corrected chi connectivity index (χ4v) is 2.36. The lowest BCUT2D eigenvalue weighted by molar-refractivity contribution is -0.274. The highest BCUT2D eigenvalue weighted by Crippen LogP contribution is 2.28. The van der Waals surface area contributed by atoms with Crippen LogP contribution in [0.1, 0.15) is 23.2 Å². The third-order valence-electron chi connectivity index (χ3n) is 3.47. The van der Waals surface area contributed by atoms with Crippen molar-refractivity contribution in [2.45, 2.75) is 19.2 Å². The second kappa shape index (κ2) is 6.25. The number of piperidine rings is 1. The Kier molecular flexibility index (Phi) is 4.58. The van der Waals surface area contributed by atoms with Crippen molar-refractivity contribution in [1.29, 1.82) is 0 Å². The summed E-state index contributed by atoms with van der Waals surface area (Å²) in [5.74, 6) is -2.59. The molecule has 0 atom stereocenters. The van der Waals surface area contributed by atoms with Crippen molar-refractivity contribution >= 4 is 11.9 Å². The predicted molar refractivity (Wildman–Crippen MR) is 69.4 cm³/mol. The fraction of sp³-hybridized carbons (Fsp3) is 0.429. The van der Waals surface area contributed by atoms with Crippen molar-refractivity contribution in [3.8, 4) is 5.75 Å². The predicted octanol–water partition coefficient (Wildman–Crippen LogP) is 2.52. The second-order valence-electron chi connectivity index (χ2n) is 4.95. The summed E-state index contributed by atoms with van der Waals surface area (Å²) in [5.41, 5.74) is -0.186. The van der Waals surface area contributed by atoms with Crippen LogP contribution < -0.4 is 4.74 Å². The Morgan fingerprint density at radius 3 is 2.32 bits per heavy atom. The maximum absolute atomic E-state index is 12.4. The van der Waals surface area contributed by atoms with Crippen molar-refractivity contribution in [2.75, 3.05) is 13.1 Å². The first kappa shape index (κ1) is 16.1. The maximum Gasteiger partial charge on any atom is 0.573 e. The van der Waals surface area contributed by atoms with E-state index in [1.165, 1.54) is 23.1 Å². The zero-order valence-electron chi connectivity index (χ0n) is 11.5. The van der Waals surface area contributed by atoms with Crippen molar-refractivity contribution in [3.63, 3.8) is 0 Å². The van der Waals surface area contributed by atoms with Gasteiger partial charge in [0.05, 0.1) is 11.5 Å². The monoisotopic (exact) mass is 317 g/mol. The van der Waals surface area contributed by atoms with Gasteiger partial charge in [-0.1, -0.05) is 12.1 Å². The highest BCUT2D eigenvalue weighted by atomic mass is 19.4. The molecule has 0 radical (unpaired) electrons. The van der Waals surface area contributed by atoms with Gasteiger partial charge in [-0.15, -0.1) is 13.2 Å². The first-order valence-electron chi connectivity index (χ1n) is 6.65. The van der Waals surface area contributed by atoms with Gasteiger partial charge in [-0.3, -0.25) is 9.59 Å². The smallest absolute Gasteiger partial charge is 0.481 e. The molecule has 1 aliphatic heterocycles. The number of carboxylic acid groups (broad SMARTS) is 1. The van der Waals surface area contributed by atoms with Crippen LogP contribution in [-0.2, 0) is 4.79 Å². The molecule has 5 nitrogen and oxygen atoms in total. The Morgan fingerprint density at radius 1 is 1.18 bits per heavy atom. The van der Waals surface area contributed by atoms with Crippen LogP contribution in [0.4, 0.5) is 13.2 Å². The van der Waals surface area contributed by atoms with Crippen LogP contribution in [-0.4, -0.2) is 41.3 Å². The van der Waals surface area contributed by atoms with Gasteiger partial charge in [0, 0.05) is 13.1 Å². The molecule has 1 aromatic carbocycles. The van der Waals surface area contributed by atoms with Crippen LogP contribution in [0.25, 0.3) is 0 Å². The number of hydrogen-bond donors (Lipinski definition) is 1. The van der Waals surface area contributed by atoms with E-state index in [0.717, 1.165) is 6.07 Å². The van der Waals surface area contributed by atoms with Gasteiger partial charge in [0.1, 0.15) is 5.75 Å². The summed E-state index contributed by atoms with van der Waals surface area (Å²) in [5, 5.41) is 8.90. The standard InChI is InChI=1S/C14H14F3NO4/c15-14(16,17)22-11-4-2-1-3-10(11)12(19)18-7-5-9(6-8-18)13(20)21/h1-4,9H,5-8H2,(H,20,21). The first-order chi connectivity index (χ1) is 10.3. The molecule has 1 saturated heterocycles. The number of ether oxygens (including phenoxy) is 1. The summed E-state index contributed by atoms with van der Waals surface area (Å²) in [6.07, 6.45) is -4.32. The number of carbonyl (C=O) groups excluding carboxylic acids is 1. The number of carboxylic acids is 1. The molecule has 0 aromatic heterocycles. The highest BCUT2D eigenvalue weighted by molar-refractivity contribution is 5.97. The summed E-state index contributed by atoms with van der Waals surface area (Å²) in [6.45, 7) is 0.381. The van der Waals surface area contributed by atoms with Gasteiger partial charge in [-0.25, -0.2) is 0 Å². The number of hydrogen-bond acceptors (Lipinski definition) is 3. The molecular weight excluding hydrogens is 303 g/mol. The minimum atomic E-state index is -4.88. The van der Waals surface area contributed by atoms with Gasteiger partial charge < -0.3 is 14.7 Å². The first-order valence-corrected chi connectivity index (χ1v) is 6.65. The molecule has 0 spiro atoms. The number of alkyl halides is 3. The zero-order valence-corrected chi connectivity index (χ0v) is 11.5. The molecule has 1 heterocycles. The molecule has 0 unspecified atom stereocenters. The molecule has 8 heteroatoms. The van der Waals surface area contributed by atoms with E-state index in [4.69, 9.17) is 5.11 Å². The van der Waals surface area contributed by atoms with Gasteiger partial charge in [-0.05, 0) is 25.0 Å². The minimum absolute atomic E-state index is 0.186. The van der Waals surface area contributed by atoms with Gasteiger partial charge in [0.25, 0.3) is 5.91 Å². The number of benzene rings is 1. The van der Waals surface area contributed by atoms with E-state index in [-0.39, 0.29) is 31.5 Å². The molecule has 1 amide bonds. The van der Waals surface area contributed by atoms with Crippen molar-refractivity contribution in [1.82, 2.24) is 4.90 Å². The number of likely N-dealkylation sites (tertiary alicyclic amines) is 1. The Balaban J connectivity index is 2.12. The summed E-state index contributed by atoms with van der Waals surface area (Å²) < 4.78 is 40.9. The average Bonchev–Trinajstić information content (AvgIpc) is 2.45. The van der Waals surface area contributed by atoms with Gasteiger partial charge in [0.2, 0.25) is 0 Å². The number of amides is 1. The summed E-state index contributed by atoms with van der Waals surface area (Å²) >= 11 is 0. The largest absolute Gasteiger partial charge is 0.573 e. The third kappa shape index (κ3) is 3.90. The minimum Gasteiger partial charge on any atom is -0.481 e. The molecule has 1 aliphatic rings. The SMILES string of the molecule is O=C(O)C1CCN(C(=O)c2ccccc2OC(F)(F)F)CC1. The van der Waals surface area contributed by atoms with Crippen molar-refractivity contribution in [3.05, 3.63) is 29.8 Å². The number of nitrogens with zero attached hydrogens (tertiary/aromatic N) is 1. The topological polar surface area (TPSA) is 66.8 Å². The number of carbonyl (C=O) groups is 2. The molecule has 1 aromatic rings. The molecule has 22 heavy (non-hydrogen) atoms. The summed E-state index contributed by atoms with van der Waals surface area (Å²) in [6, 6.07) is 5.12. The normalized spacial score (nSPS) is 16.4. The number of rotatable bonds is 3. The van der Waals surface area contributed by atoms with E-state index in [2.05, 4.69) is 4.74 Å². The third-order valence-corrected chi connectivity index (χ3v) is 3.47. The Bertz CT molecular complexity index is 565.